The van der Waals surface area contributed by atoms with Crippen LogP contribution in [-0.4, -0.2) is 15.8 Å². The molecule has 0 saturated heterocycles. The van der Waals surface area contributed by atoms with Crippen molar-refractivity contribution < 1.29 is 4.79 Å². The Balaban J connectivity index is 2.11. The number of H-pyrrole nitrogens is 1. The van der Waals surface area contributed by atoms with Gasteiger partial charge < -0.3 is 4.98 Å². The molecule has 0 aliphatic rings. The molecule has 1 heterocycles. The smallest absolute Gasteiger partial charge is 0.258 e. The number of fused-ring (bicyclic) bond motifs is 1. The van der Waals surface area contributed by atoms with Gasteiger partial charge in [0.1, 0.15) is 5.82 Å². The van der Waals surface area contributed by atoms with Gasteiger partial charge in [0, 0.05) is 15.6 Å². The van der Waals surface area contributed by atoms with Gasteiger partial charge in [-0.25, -0.2) is 4.98 Å². The Hall–Kier alpha value is -2.39. The number of nitrogens with zero attached hydrogens (tertiary/aromatic N) is 2. The molecule has 1 N–H and O–H groups in total. The lowest BCUT2D eigenvalue weighted by Gasteiger charge is -2.10. The third-order valence-electron chi connectivity index (χ3n) is 3.55. The standard InChI is InChI=1S/C17H8Cl3N3O2/c18-8-2-4-14-11(5-8)17(25)23-16(22-14)12(7-21)15(24)10-3-1-9(19)6-13(10)20/h1-6,12H,(H,22,23,25). The molecule has 3 aromatic rings. The SMILES string of the molecule is N#CC(C(=O)c1ccc(Cl)cc1Cl)c1nc2ccc(Cl)cc2c(=O)[nH]1. The number of nitrogens with one attached hydrogen (secondary N) is 1. The van der Waals surface area contributed by atoms with E-state index in [2.05, 4.69) is 9.97 Å². The van der Waals surface area contributed by atoms with Gasteiger partial charge in [0.15, 0.2) is 11.7 Å². The van der Waals surface area contributed by atoms with E-state index < -0.39 is 17.3 Å². The van der Waals surface area contributed by atoms with E-state index in [4.69, 9.17) is 34.8 Å². The first kappa shape index (κ1) is 17.4. The molecular formula is C17H8Cl3N3O2. The van der Waals surface area contributed by atoms with E-state index in [1.165, 1.54) is 24.3 Å². The zero-order chi connectivity index (χ0) is 18.1. The summed E-state index contributed by atoms with van der Waals surface area (Å²) in [4.78, 5) is 31.6. The number of halogens is 3. The zero-order valence-electron chi connectivity index (χ0n) is 12.4. The van der Waals surface area contributed by atoms with E-state index in [-0.39, 0.29) is 21.8 Å². The van der Waals surface area contributed by atoms with Crippen molar-refractivity contribution in [2.24, 2.45) is 0 Å². The lowest BCUT2D eigenvalue weighted by Crippen LogP contribution is -2.20. The maximum Gasteiger partial charge on any atom is 0.258 e. The van der Waals surface area contributed by atoms with Crippen molar-refractivity contribution >= 4 is 51.5 Å². The van der Waals surface area contributed by atoms with Crippen LogP contribution in [0.3, 0.4) is 0 Å². The van der Waals surface area contributed by atoms with Crippen LogP contribution in [0.1, 0.15) is 22.1 Å². The number of Topliss-reactive ketones (excluding diaryl/α,β-unsaturated/α-hetero) is 1. The van der Waals surface area contributed by atoms with Gasteiger partial charge in [0.25, 0.3) is 5.56 Å². The third kappa shape index (κ3) is 3.38. The topological polar surface area (TPSA) is 86.6 Å². The van der Waals surface area contributed by atoms with Crippen molar-refractivity contribution in [3.8, 4) is 6.07 Å². The highest BCUT2D eigenvalue weighted by molar-refractivity contribution is 6.37. The summed E-state index contributed by atoms with van der Waals surface area (Å²) in [5, 5.41) is 10.6. The van der Waals surface area contributed by atoms with E-state index in [0.29, 0.717) is 15.6 Å². The second kappa shape index (κ2) is 6.85. The van der Waals surface area contributed by atoms with Crippen LogP contribution >= 0.6 is 34.8 Å². The van der Waals surface area contributed by atoms with Crippen molar-refractivity contribution in [3.05, 3.63) is 73.2 Å². The fourth-order valence-electron chi connectivity index (χ4n) is 2.35. The number of carbonyl (C=O) groups is 1. The number of aromatic amines is 1. The van der Waals surface area contributed by atoms with Gasteiger partial charge in [-0.05, 0) is 36.4 Å². The summed E-state index contributed by atoms with van der Waals surface area (Å²) in [6.07, 6.45) is 0. The number of nitriles is 1. The van der Waals surface area contributed by atoms with Crippen LogP contribution < -0.4 is 5.56 Å². The van der Waals surface area contributed by atoms with Gasteiger partial charge >= 0.3 is 0 Å². The molecule has 0 spiro atoms. The van der Waals surface area contributed by atoms with Gasteiger partial charge in [-0.3, -0.25) is 9.59 Å². The van der Waals surface area contributed by atoms with Crippen LogP contribution in [0, 0.1) is 11.3 Å². The number of hydrogen-bond acceptors (Lipinski definition) is 4. The summed E-state index contributed by atoms with van der Waals surface area (Å²) in [6, 6.07) is 10.8. The molecule has 8 heteroatoms. The largest absolute Gasteiger partial charge is 0.308 e. The van der Waals surface area contributed by atoms with E-state index >= 15 is 0 Å². The molecule has 0 saturated carbocycles. The quantitative estimate of drug-likeness (QED) is 0.670. The van der Waals surface area contributed by atoms with Crippen LogP contribution in [0.15, 0.2) is 41.2 Å². The minimum atomic E-state index is -1.31. The number of rotatable bonds is 3. The summed E-state index contributed by atoms with van der Waals surface area (Å²) < 4.78 is 0. The van der Waals surface area contributed by atoms with Gasteiger partial charge in [0.05, 0.1) is 22.0 Å². The van der Waals surface area contributed by atoms with Gasteiger partial charge in [-0.1, -0.05) is 34.8 Å². The molecule has 3 rings (SSSR count). The Morgan fingerprint density at radius 3 is 2.48 bits per heavy atom. The van der Waals surface area contributed by atoms with Crippen molar-refractivity contribution in [3.63, 3.8) is 0 Å². The Kier molecular flexibility index (Phi) is 4.78. The Bertz CT molecular complexity index is 1100. The van der Waals surface area contributed by atoms with Crippen LogP contribution in [0.25, 0.3) is 10.9 Å². The second-order valence-electron chi connectivity index (χ2n) is 5.16. The average Bonchev–Trinajstić information content (AvgIpc) is 2.56. The Morgan fingerprint density at radius 1 is 1.12 bits per heavy atom. The molecule has 0 bridgehead atoms. The molecule has 1 unspecified atom stereocenters. The van der Waals surface area contributed by atoms with Gasteiger partial charge in [-0.15, -0.1) is 0 Å². The highest BCUT2D eigenvalue weighted by Gasteiger charge is 2.26. The Labute approximate surface area is 156 Å². The Morgan fingerprint density at radius 2 is 1.80 bits per heavy atom. The number of carbonyl (C=O) groups excluding carboxylic acids is 1. The zero-order valence-corrected chi connectivity index (χ0v) is 14.7. The molecule has 124 valence electrons. The summed E-state index contributed by atoms with van der Waals surface area (Å²) in [7, 11) is 0. The minimum Gasteiger partial charge on any atom is -0.308 e. The van der Waals surface area contributed by atoms with Crippen LogP contribution in [0.2, 0.25) is 15.1 Å². The van der Waals surface area contributed by atoms with Crippen molar-refractivity contribution in [2.75, 3.05) is 0 Å². The fraction of sp³-hybridized carbons (Fsp3) is 0.0588. The minimum absolute atomic E-state index is 0.0571. The van der Waals surface area contributed by atoms with Crippen molar-refractivity contribution in [1.82, 2.24) is 9.97 Å². The molecule has 0 amide bonds. The number of benzene rings is 2. The highest BCUT2D eigenvalue weighted by Crippen LogP contribution is 2.26. The van der Waals surface area contributed by atoms with Crippen LogP contribution in [0.5, 0.6) is 0 Å². The summed E-state index contributed by atoms with van der Waals surface area (Å²) >= 11 is 17.7. The van der Waals surface area contributed by atoms with E-state index in [1.807, 2.05) is 6.07 Å². The van der Waals surface area contributed by atoms with E-state index in [0.717, 1.165) is 0 Å². The van der Waals surface area contributed by atoms with Crippen molar-refractivity contribution in [1.29, 1.82) is 5.26 Å². The molecule has 0 aliphatic carbocycles. The fourth-order valence-corrected chi connectivity index (χ4v) is 3.03. The maximum atomic E-state index is 12.7. The number of aromatic nitrogens is 2. The molecule has 1 aromatic heterocycles. The lowest BCUT2D eigenvalue weighted by molar-refractivity contribution is 0.0976. The molecule has 25 heavy (non-hydrogen) atoms. The molecule has 5 nitrogen and oxygen atoms in total. The first-order chi connectivity index (χ1) is 11.9. The molecule has 2 aromatic carbocycles. The summed E-state index contributed by atoms with van der Waals surface area (Å²) in [5.41, 5.74) is -0.0346. The second-order valence-corrected chi connectivity index (χ2v) is 6.44. The molecule has 0 aliphatic heterocycles. The van der Waals surface area contributed by atoms with E-state index in [9.17, 15) is 14.9 Å². The van der Waals surface area contributed by atoms with Gasteiger partial charge in [0.2, 0.25) is 0 Å². The number of ketones is 1. The molecular weight excluding hydrogens is 385 g/mol. The summed E-state index contributed by atoms with van der Waals surface area (Å²) in [6.45, 7) is 0. The third-order valence-corrected chi connectivity index (χ3v) is 4.33. The average molecular weight is 393 g/mol. The predicted octanol–water partition coefficient (Wildman–Crippen LogP) is 4.37. The van der Waals surface area contributed by atoms with Gasteiger partial charge in [-0.2, -0.15) is 5.26 Å². The monoisotopic (exact) mass is 391 g/mol. The number of hydrogen-bond donors (Lipinski definition) is 1. The first-order valence-corrected chi connectivity index (χ1v) is 8.12. The highest BCUT2D eigenvalue weighted by atomic mass is 35.5. The molecule has 1 atom stereocenters. The normalized spacial score (nSPS) is 11.9. The van der Waals surface area contributed by atoms with Crippen LogP contribution in [0.4, 0.5) is 0 Å². The van der Waals surface area contributed by atoms with Crippen LogP contribution in [-0.2, 0) is 0 Å². The summed E-state index contributed by atoms with van der Waals surface area (Å²) in [5.74, 6) is -1.95. The predicted molar refractivity (Wildman–Crippen MR) is 96.5 cm³/mol. The van der Waals surface area contributed by atoms with E-state index in [1.54, 1.807) is 12.1 Å². The first-order valence-electron chi connectivity index (χ1n) is 6.99. The maximum absolute atomic E-state index is 12.7. The molecule has 0 radical (unpaired) electrons. The molecule has 0 fully saturated rings. The lowest BCUT2D eigenvalue weighted by atomic mass is 9.98. The van der Waals surface area contributed by atoms with Crippen molar-refractivity contribution in [2.45, 2.75) is 5.92 Å².